The van der Waals surface area contributed by atoms with Gasteiger partial charge in [-0.25, -0.2) is 9.97 Å². The lowest BCUT2D eigenvalue weighted by Gasteiger charge is -2.04. The van der Waals surface area contributed by atoms with E-state index in [0.717, 1.165) is 99.3 Å². The van der Waals surface area contributed by atoms with Gasteiger partial charge in [0.25, 0.3) is 11.1 Å². The summed E-state index contributed by atoms with van der Waals surface area (Å²) in [4.78, 5) is 42.2. The van der Waals surface area contributed by atoms with E-state index in [1.54, 1.807) is 42.8 Å². The lowest BCUT2D eigenvalue weighted by molar-refractivity contribution is 0.502. The maximum Gasteiger partial charge on any atom is 0.264 e. The zero-order valence-corrected chi connectivity index (χ0v) is 33.6. The Kier molecular flexibility index (Phi) is 8.99. The number of hydrogen-bond acceptors (Lipinski definition) is 9. The van der Waals surface area contributed by atoms with E-state index in [9.17, 15) is 9.59 Å². The summed E-state index contributed by atoms with van der Waals surface area (Å²) < 4.78 is 17.8. The highest BCUT2D eigenvalue weighted by Crippen LogP contribution is 2.45. The highest BCUT2D eigenvalue weighted by molar-refractivity contribution is 7.27. The van der Waals surface area contributed by atoms with Crippen molar-refractivity contribution in [2.24, 2.45) is 0 Å². The fraction of sp³-hybridized carbons (Fsp3) is 0.364. The molecule has 9 heterocycles. The predicted octanol–water partition coefficient (Wildman–Crippen LogP) is 12.9. The molecule has 10 aromatic rings. The zero-order valence-electron chi connectivity index (χ0n) is 31.2. The zero-order chi connectivity index (χ0) is 37.2. The Hall–Kier alpha value is -4.58. The van der Waals surface area contributed by atoms with Gasteiger partial charge in [0.05, 0.1) is 30.2 Å². The Labute approximate surface area is 328 Å². The minimum atomic E-state index is -0.130. The third-order valence-electron chi connectivity index (χ3n) is 11.2. The number of unbranched alkanes of at least 4 members (excludes halogenated alkanes) is 10. The van der Waals surface area contributed by atoms with Gasteiger partial charge in [0, 0.05) is 34.4 Å². The third kappa shape index (κ3) is 5.80. The van der Waals surface area contributed by atoms with Crippen LogP contribution in [-0.4, -0.2) is 18.8 Å². The van der Waals surface area contributed by atoms with E-state index < -0.39 is 0 Å². The second kappa shape index (κ2) is 14.2. The molecule has 10 rings (SSSR count). The van der Waals surface area contributed by atoms with E-state index >= 15 is 0 Å². The molecule has 0 N–H and O–H groups in total. The quantitative estimate of drug-likeness (QED) is 0.0715. The molecule has 0 aliphatic rings. The summed E-state index contributed by atoms with van der Waals surface area (Å²) in [6.07, 6.45) is 16.9. The summed E-state index contributed by atoms with van der Waals surface area (Å²) in [5.41, 5.74) is 2.54. The Morgan fingerprint density at radius 1 is 0.545 bits per heavy atom. The minimum absolute atomic E-state index is 0.130. The van der Waals surface area contributed by atoms with Crippen molar-refractivity contribution in [1.29, 1.82) is 0 Å². The summed E-state index contributed by atoms with van der Waals surface area (Å²) in [7, 11) is 0. The molecule has 1 aromatic carbocycles. The summed E-state index contributed by atoms with van der Waals surface area (Å²) in [6.45, 7) is 4.49. The van der Waals surface area contributed by atoms with Gasteiger partial charge < -0.3 is 8.83 Å². The molecule has 0 radical (unpaired) electrons. The molecule has 0 atom stereocenters. The van der Waals surface area contributed by atoms with E-state index in [1.807, 2.05) is 36.4 Å². The van der Waals surface area contributed by atoms with Crippen LogP contribution in [0.15, 0.2) is 67.0 Å². The van der Waals surface area contributed by atoms with Crippen LogP contribution in [0, 0.1) is 0 Å². The van der Waals surface area contributed by atoms with Gasteiger partial charge in [-0.05, 0) is 61.4 Å². The molecule has 0 aliphatic carbocycles. The van der Waals surface area contributed by atoms with Gasteiger partial charge >= 0.3 is 0 Å². The maximum atomic E-state index is 14.3. The number of aryl methyl sites for hydroxylation is 2. The Morgan fingerprint density at radius 3 is 1.44 bits per heavy atom. The molecule has 9 aromatic heterocycles. The first-order chi connectivity index (χ1) is 27.0. The molecule has 0 spiro atoms. The highest BCUT2D eigenvalue weighted by atomic mass is 32.1. The maximum absolute atomic E-state index is 14.3. The topological polar surface area (TPSA) is 95.0 Å². The van der Waals surface area contributed by atoms with Crippen molar-refractivity contribution in [2.45, 2.75) is 104 Å². The smallest absolute Gasteiger partial charge is 0.264 e. The molecule has 0 fully saturated rings. The summed E-state index contributed by atoms with van der Waals surface area (Å²) in [6, 6.07) is 15.9. The SMILES string of the molecule is CCCCCCCCc1ccc(-c2cc3c(nc4c5sc6c7c(ccc(c(=O)n34)c57)c(=O)n3c4cc(-c5ccc(CCCCCCCC)o5)sc4nc63)s2)o1. The van der Waals surface area contributed by atoms with E-state index in [1.165, 1.54) is 64.2 Å². The van der Waals surface area contributed by atoms with Gasteiger partial charge in [-0.2, -0.15) is 0 Å². The third-order valence-corrected chi connectivity index (χ3v) is 14.5. The van der Waals surface area contributed by atoms with Crippen LogP contribution in [0.5, 0.6) is 0 Å². The van der Waals surface area contributed by atoms with E-state index in [-0.39, 0.29) is 11.1 Å². The highest BCUT2D eigenvalue weighted by Gasteiger charge is 2.27. The van der Waals surface area contributed by atoms with Crippen LogP contribution >= 0.6 is 34.0 Å². The van der Waals surface area contributed by atoms with Crippen molar-refractivity contribution in [1.82, 2.24) is 18.8 Å². The number of hydrogen-bond donors (Lipinski definition) is 0. The molecule has 55 heavy (non-hydrogen) atoms. The fourth-order valence-corrected chi connectivity index (χ4v) is 11.6. The van der Waals surface area contributed by atoms with Crippen LogP contribution in [0.25, 0.3) is 84.2 Å². The summed E-state index contributed by atoms with van der Waals surface area (Å²) in [5.74, 6) is 3.62. The molecule has 0 aliphatic heterocycles. The molecule has 0 bridgehead atoms. The van der Waals surface area contributed by atoms with Gasteiger partial charge in [-0.15, -0.1) is 34.0 Å². The second-order valence-electron chi connectivity index (χ2n) is 15.0. The van der Waals surface area contributed by atoms with Crippen molar-refractivity contribution in [3.63, 3.8) is 0 Å². The van der Waals surface area contributed by atoms with Gasteiger partial charge in [0.2, 0.25) is 0 Å². The molecule has 8 nitrogen and oxygen atoms in total. The Balaban J connectivity index is 0.996. The van der Waals surface area contributed by atoms with Crippen LogP contribution in [0.1, 0.15) is 102 Å². The number of rotatable bonds is 16. The van der Waals surface area contributed by atoms with Gasteiger partial charge in [0.15, 0.2) is 11.3 Å². The molecular weight excluding hydrogens is 745 g/mol. The number of benzene rings is 1. The van der Waals surface area contributed by atoms with Gasteiger partial charge in [-0.1, -0.05) is 78.1 Å². The lowest BCUT2D eigenvalue weighted by atomic mass is 10.0. The number of imidazole rings is 2. The molecule has 11 heteroatoms. The second-order valence-corrected chi connectivity index (χ2v) is 18.1. The van der Waals surface area contributed by atoms with Crippen molar-refractivity contribution < 1.29 is 8.83 Å². The average molecular weight is 787 g/mol. The van der Waals surface area contributed by atoms with Crippen molar-refractivity contribution in [3.05, 3.63) is 80.8 Å². The van der Waals surface area contributed by atoms with Gasteiger partial charge in [0.1, 0.15) is 32.7 Å². The van der Waals surface area contributed by atoms with E-state index in [4.69, 9.17) is 18.8 Å². The first-order valence-electron chi connectivity index (χ1n) is 19.9. The van der Waals surface area contributed by atoms with Gasteiger partial charge in [-0.3, -0.25) is 18.4 Å². The fourth-order valence-electron chi connectivity index (χ4n) is 8.34. The minimum Gasteiger partial charge on any atom is -0.460 e. The number of aromatic nitrogens is 4. The summed E-state index contributed by atoms with van der Waals surface area (Å²) in [5, 5.41) is 2.78. The molecule has 280 valence electrons. The van der Waals surface area contributed by atoms with Crippen LogP contribution in [0.3, 0.4) is 0 Å². The van der Waals surface area contributed by atoms with Crippen LogP contribution < -0.4 is 11.1 Å². The van der Waals surface area contributed by atoms with Crippen molar-refractivity contribution >= 4 is 96.9 Å². The number of pyridine rings is 2. The van der Waals surface area contributed by atoms with Crippen molar-refractivity contribution in [3.8, 4) is 21.3 Å². The van der Waals surface area contributed by atoms with Crippen LogP contribution in [-0.2, 0) is 12.8 Å². The average Bonchev–Trinajstić information content (AvgIpc) is 4.03. The monoisotopic (exact) mass is 786 g/mol. The Morgan fingerprint density at radius 2 is 0.982 bits per heavy atom. The molecule has 0 amide bonds. The van der Waals surface area contributed by atoms with Crippen LogP contribution in [0.4, 0.5) is 0 Å². The molecule has 0 saturated carbocycles. The first-order valence-corrected chi connectivity index (χ1v) is 22.4. The van der Waals surface area contributed by atoms with Crippen molar-refractivity contribution in [2.75, 3.05) is 0 Å². The van der Waals surface area contributed by atoms with E-state index in [2.05, 4.69) is 26.0 Å². The normalized spacial score (nSPS) is 12.6. The number of furan rings is 2. The Bertz CT molecular complexity index is 2890. The lowest BCUT2D eigenvalue weighted by Crippen LogP contribution is -2.15. The first kappa shape index (κ1) is 34.9. The molecular formula is C44H42N4O4S3. The number of fused-ring (bicyclic) bond motifs is 8. The summed E-state index contributed by atoms with van der Waals surface area (Å²) >= 11 is 4.65. The van der Waals surface area contributed by atoms with Crippen LogP contribution in [0.2, 0.25) is 0 Å². The largest absolute Gasteiger partial charge is 0.460 e. The standard InChI is InChI=1S/C44H42N4O4S3/c1-3-5-7-9-11-13-15-25-17-21-31(51-25)33-23-29-41(53-33)45-39-37-35-27(43(49)47(29)39)19-20-28-36(35)38(55-37)40-46-42-30(48(40)44(28)50)24-34(54-42)32-22-18-26(52-32)16-14-12-10-8-6-4-2/h17-24H,3-16H2,1-2H3. The predicted molar refractivity (Wildman–Crippen MR) is 230 cm³/mol. The molecule has 0 unspecified atom stereocenters. The molecule has 0 saturated heterocycles. The number of nitrogens with zero attached hydrogens (tertiary/aromatic N) is 4. The number of thiophene rings is 3. The van der Waals surface area contributed by atoms with E-state index in [0.29, 0.717) is 22.1 Å².